The van der Waals surface area contributed by atoms with Gasteiger partial charge in [0.2, 0.25) is 0 Å². The molecule has 0 aromatic heterocycles. The first-order valence-corrected chi connectivity index (χ1v) is 5.34. The Morgan fingerprint density at radius 3 is 2.56 bits per heavy atom. The van der Waals surface area contributed by atoms with E-state index in [2.05, 4.69) is 26.1 Å². The van der Waals surface area contributed by atoms with Crippen molar-refractivity contribution in [3.05, 3.63) is 23.8 Å². The summed E-state index contributed by atoms with van der Waals surface area (Å²) in [4.78, 5) is 11.1. The number of para-hydroxylation sites is 1. The number of hydrogen-bond donors (Lipinski definition) is 3. The molecule has 0 saturated heterocycles. The summed E-state index contributed by atoms with van der Waals surface area (Å²) in [6.07, 6.45) is 0.952. The molecule has 0 heterocycles. The third kappa shape index (κ3) is 2.66. The average molecular weight is 221 g/mol. The summed E-state index contributed by atoms with van der Waals surface area (Å²) in [5.41, 5.74) is 12.6. The zero-order valence-electron chi connectivity index (χ0n) is 10.0. The smallest absolute Gasteiger partial charge is 0.250 e. The maximum atomic E-state index is 11.1. The summed E-state index contributed by atoms with van der Waals surface area (Å²) in [5.74, 6) is -0.504. The van der Waals surface area contributed by atoms with E-state index >= 15 is 0 Å². The van der Waals surface area contributed by atoms with E-state index in [-0.39, 0.29) is 5.54 Å². The molecule has 16 heavy (non-hydrogen) atoms. The van der Waals surface area contributed by atoms with Gasteiger partial charge in [-0.05, 0) is 32.4 Å². The van der Waals surface area contributed by atoms with E-state index in [1.165, 1.54) is 0 Å². The van der Waals surface area contributed by atoms with Gasteiger partial charge in [0, 0.05) is 5.54 Å². The Kier molecular flexibility index (Phi) is 3.42. The second-order valence-electron chi connectivity index (χ2n) is 4.49. The van der Waals surface area contributed by atoms with Crippen LogP contribution in [0.1, 0.15) is 37.6 Å². The van der Waals surface area contributed by atoms with Gasteiger partial charge in [-0.15, -0.1) is 0 Å². The summed E-state index contributed by atoms with van der Waals surface area (Å²) in [6, 6.07) is 5.24. The van der Waals surface area contributed by atoms with Gasteiger partial charge in [0.25, 0.3) is 5.91 Å². The standard InChI is InChI=1S/C12H19N3O/c1-4-12(2,3)15-9-7-5-6-8(10(9)13)11(14)16/h5-7,15H,4,13H2,1-3H3,(H2,14,16). The van der Waals surface area contributed by atoms with Crippen molar-refractivity contribution in [3.63, 3.8) is 0 Å². The molecule has 0 unspecified atom stereocenters. The number of primary amides is 1. The van der Waals surface area contributed by atoms with Crippen molar-refractivity contribution in [3.8, 4) is 0 Å². The molecular formula is C12H19N3O. The van der Waals surface area contributed by atoms with Crippen molar-refractivity contribution < 1.29 is 4.79 Å². The molecule has 0 saturated carbocycles. The highest BCUT2D eigenvalue weighted by Gasteiger charge is 2.17. The van der Waals surface area contributed by atoms with E-state index in [1.807, 2.05) is 6.07 Å². The van der Waals surface area contributed by atoms with Gasteiger partial charge in [0.05, 0.1) is 16.9 Å². The lowest BCUT2D eigenvalue weighted by Crippen LogP contribution is -2.30. The Hall–Kier alpha value is -1.71. The first-order valence-electron chi connectivity index (χ1n) is 5.34. The van der Waals surface area contributed by atoms with E-state index in [1.54, 1.807) is 12.1 Å². The number of rotatable bonds is 4. The zero-order chi connectivity index (χ0) is 12.3. The Labute approximate surface area is 96.0 Å². The minimum atomic E-state index is -0.504. The van der Waals surface area contributed by atoms with E-state index in [0.717, 1.165) is 12.1 Å². The van der Waals surface area contributed by atoms with Crippen LogP contribution in [-0.4, -0.2) is 11.4 Å². The maximum Gasteiger partial charge on any atom is 0.250 e. The molecule has 4 nitrogen and oxygen atoms in total. The quantitative estimate of drug-likeness (QED) is 0.680. The van der Waals surface area contributed by atoms with Crippen molar-refractivity contribution in [2.45, 2.75) is 32.7 Å². The summed E-state index contributed by atoms with van der Waals surface area (Å²) >= 11 is 0. The number of hydrogen-bond acceptors (Lipinski definition) is 3. The molecule has 88 valence electrons. The third-order valence-corrected chi connectivity index (χ3v) is 2.73. The minimum absolute atomic E-state index is 0.0651. The first-order chi connectivity index (χ1) is 7.37. The summed E-state index contributed by atoms with van der Waals surface area (Å²) in [7, 11) is 0. The number of amides is 1. The SMILES string of the molecule is CCC(C)(C)Nc1cccc(C(N)=O)c1N. The van der Waals surface area contributed by atoms with Crippen molar-refractivity contribution >= 4 is 17.3 Å². The van der Waals surface area contributed by atoms with Crippen molar-refractivity contribution in [1.29, 1.82) is 0 Å². The van der Waals surface area contributed by atoms with Gasteiger partial charge in [-0.3, -0.25) is 4.79 Å². The van der Waals surface area contributed by atoms with Crippen LogP contribution < -0.4 is 16.8 Å². The van der Waals surface area contributed by atoms with Crippen LogP contribution in [0.2, 0.25) is 0 Å². The lowest BCUT2D eigenvalue weighted by Gasteiger charge is -2.27. The van der Waals surface area contributed by atoms with Crippen LogP contribution in [0, 0.1) is 0 Å². The van der Waals surface area contributed by atoms with Crippen LogP contribution in [-0.2, 0) is 0 Å². The highest BCUT2D eigenvalue weighted by atomic mass is 16.1. The topological polar surface area (TPSA) is 81.1 Å². The molecule has 1 aromatic rings. The van der Waals surface area contributed by atoms with Crippen LogP contribution in [0.5, 0.6) is 0 Å². The van der Waals surface area contributed by atoms with E-state index < -0.39 is 5.91 Å². The Bertz CT molecular complexity index is 399. The monoisotopic (exact) mass is 221 g/mol. The van der Waals surface area contributed by atoms with E-state index in [9.17, 15) is 4.79 Å². The molecule has 1 amide bonds. The van der Waals surface area contributed by atoms with Gasteiger partial charge in [-0.1, -0.05) is 13.0 Å². The summed E-state index contributed by atoms with van der Waals surface area (Å²) in [5, 5.41) is 3.30. The third-order valence-electron chi connectivity index (χ3n) is 2.73. The average Bonchev–Trinajstić information content (AvgIpc) is 2.20. The van der Waals surface area contributed by atoms with Crippen LogP contribution >= 0.6 is 0 Å². The number of anilines is 2. The van der Waals surface area contributed by atoms with Crippen LogP contribution in [0.3, 0.4) is 0 Å². The predicted octanol–water partition coefficient (Wildman–Crippen LogP) is 1.97. The molecule has 0 radical (unpaired) electrons. The van der Waals surface area contributed by atoms with E-state index in [4.69, 9.17) is 11.5 Å². The summed E-state index contributed by atoms with van der Waals surface area (Å²) in [6.45, 7) is 6.23. The van der Waals surface area contributed by atoms with Gasteiger partial charge in [-0.25, -0.2) is 0 Å². The lowest BCUT2D eigenvalue weighted by molar-refractivity contribution is 0.100. The molecule has 0 bridgehead atoms. The Morgan fingerprint density at radius 1 is 1.44 bits per heavy atom. The highest BCUT2D eigenvalue weighted by molar-refractivity contribution is 6.00. The second kappa shape index (κ2) is 4.43. The molecule has 4 heteroatoms. The fraction of sp³-hybridized carbons (Fsp3) is 0.417. The van der Waals surface area contributed by atoms with Crippen molar-refractivity contribution in [2.75, 3.05) is 11.1 Å². The lowest BCUT2D eigenvalue weighted by atomic mass is 10.0. The molecule has 1 rings (SSSR count). The number of benzene rings is 1. The molecule has 0 aliphatic carbocycles. The fourth-order valence-corrected chi connectivity index (χ4v) is 1.34. The number of carbonyl (C=O) groups excluding carboxylic acids is 1. The van der Waals surface area contributed by atoms with Crippen LogP contribution in [0.15, 0.2) is 18.2 Å². The van der Waals surface area contributed by atoms with Crippen molar-refractivity contribution in [1.82, 2.24) is 0 Å². The van der Waals surface area contributed by atoms with Gasteiger partial charge >= 0.3 is 0 Å². The zero-order valence-corrected chi connectivity index (χ0v) is 10.0. The maximum absolute atomic E-state index is 11.1. The highest BCUT2D eigenvalue weighted by Crippen LogP contribution is 2.26. The van der Waals surface area contributed by atoms with Gasteiger partial charge in [0.1, 0.15) is 0 Å². The predicted molar refractivity (Wildman–Crippen MR) is 67.4 cm³/mol. The van der Waals surface area contributed by atoms with Gasteiger partial charge in [0.15, 0.2) is 0 Å². The fourth-order valence-electron chi connectivity index (χ4n) is 1.34. The molecule has 1 aromatic carbocycles. The summed E-state index contributed by atoms with van der Waals surface area (Å²) < 4.78 is 0. The first kappa shape index (κ1) is 12.4. The molecule has 0 fully saturated rings. The number of carbonyl (C=O) groups is 1. The second-order valence-corrected chi connectivity index (χ2v) is 4.49. The minimum Gasteiger partial charge on any atom is -0.396 e. The largest absolute Gasteiger partial charge is 0.396 e. The van der Waals surface area contributed by atoms with Gasteiger partial charge < -0.3 is 16.8 Å². The Balaban J connectivity index is 3.07. The number of nitrogens with two attached hydrogens (primary N) is 2. The van der Waals surface area contributed by atoms with E-state index in [0.29, 0.717) is 11.3 Å². The van der Waals surface area contributed by atoms with Crippen LogP contribution in [0.25, 0.3) is 0 Å². The molecule has 0 aliphatic rings. The van der Waals surface area contributed by atoms with Crippen molar-refractivity contribution in [2.24, 2.45) is 5.73 Å². The molecule has 5 N–H and O–H groups in total. The molecular weight excluding hydrogens is 202 g/mol. The normalized spacial score (nSPS) is 11.2. The molecule has 0 spiro atoms. The molecule has 0 aliphatic heterocycles. The van der Waals surface area contributed by atoms with Gasteiger partial charge in [-0.2, -0.15) is 0 Å². The van der Waals surface area contributed by atoms with Crippen LogP contribution in [0.4, 0.5) is 11.4 Å². The number of nitrogen functional groups attached to an aromatic ring is 1. The number of nitrogens with one attached hydrogen (secondary N) is 1. The Morgan fingerprint density at radius 2 is 2.06 bits per heavy atom. The molecule has 0 atom stereocenters.